The van der Waals surface area contributed by atoms with Gasteiger partial charge in [-0.1, -0.05) is 43.7 Å². The molecule has 2 rings (SSSR count). The van der Waals surface area contributed by atoms with Crippen molar-refractivity contribution in [3.8, 4) is 0 Å². The van der Waals surface area contributed by atoms with Gasteiger partial charge in [0.15, 0.2) is 4.90 Å². The molecule has 0 atom stereocenters. The normalized spacial score (nSPS) is 11.7. The van der Waals surface area contributed by atoms with Gasteiger partial charge in [0.05, 0.1) is 0 Å². The Hall–Kier alpha value is -1.99. The Morgan fingerprint density at radius 2 is 1.73 bits per heavy atom. The van der Waals surface area contributed by atoms with Gasteiger partial charge in [0, 0.05) is 13.1 Å². The van der Waals surface area contributed by atoms with Crippen LogP contribution in [-0.2, 0) is 16.6 Å². The molecule has 0 fully saturated rings. The quantitative estimate of drug-likeness (QED) is 0.558. The first-order valence-corrected chi connectivity index (χ1v) is 8.56. The van der Waals surface area contributed by atoms with E-state index in [1.54, 1.807) is 0 Å². The molecule has 0 aliphatic heterocycles. The highest BCUT2D eigenvalue weighted by atomic mass is 32.2. The van der Waals surface area contributed by atoms with E-state index < -0.39 is 25.8 Å². The Morgan fingerprint density at radius 3 is 2.36 bits per heavy atom. The van der Waals surface area contributed by atoms with Gasteiger partial charge in [-0.3, -0.25) is 9.59 Å². The molecule has 7 heteroatoms. The van der Waals surface area contributed by atoms with Crippen molar-refractivity contribution >= 4 is 15.7 Å². The van der Waals surface area contributed by atoms with Crippen molar-refractivity contribution in [3.05, 3.63) is 56.3 Å². The lowest BCUT2D eigenvalue weighted by Gasteiger charge is -2.14. The summed E-state index contributed by atoms with van der Waals surface area (Å²) in [4.78, 5) is 22.7. The molecule has 118 valence electrons. The summed E-state index contributed by atoms with van der Waals surface area (Å²) in [5, 5.41) is 2.75. The van der Waals surface area contributed by atoms with Crippen LogP contribution in [0.3, 0.4) is 0 Å². The maximum absolute atomic E-state index is 12.1. The Morgan fingerprint density at radius 1 is 1.05 bits per heavy atom. The zero-order valence-electron chi connectivity index (χ0n) is 12.3. The molecule has 0 saturated heterocycles. The van der Waals surface area contributed by atoms with Crippen molar-refractivity contribution in [2.24, 2.45) is 0 Å². The van der Waals surface area contributed by atoms with E-state index in [0.717, 1.165) is 12.0 Å². The fourth-order valence-corrected chi connectivity index (χ4v) is 3.36. The third-order valence-corrected chi connectivity index (χ3v) is 4.78. The van der Waals surface area contributed by atoms with Crippen LogP contribution in [0.2, 0.25) is 0 Å². The molecule has 22 heavy (non-hydrogen) atoms. The molecule has 0 amide bonds. The lowest BCUT2D eigenvalue weighted by atomic mass is 10.2. The number of hydrogen-bond donors (Lipinski definition) is 2. The van der Waals surface area contributed by atoms with Gasteiger partial charge < -0.3 is 5.32 Å². The second kappa shape index (κ2) is 6.85. The van der Waals surface area contributed by atoms with Crippen LogP contribution in [0.25, 0.3) is 0 Å². The highest BCUT2D eigenvalue weighted by Crippen LogP contribution is 2.16. The van der Waals surface area contributed by atoms with Crippen molar-refractivity contribution in [3.63, 3.8) is 0 Å². The Kier molecular flexibility index (Phi) is 5.10. The number of benzene rings is 1. The maximum atomic E-state index is 12.1. The van der Waals surface area contributed by atoms with Crippen molar-refractivity contribution in [1.29, 1.82) is 0 Å². The summed E-state index contributed by atoms with van der Waals surface area (Å²) in [6.07, 6.45) is 1.50. The molecule has 2 N–H and O–H groups in total. The molecule has 2 aromatic rings. The molecular weight excluding hydrogens is 304 g/mol. The van der Waals surface area contributed by atoms with E-state index in [4.69, 9.17) is 0 Å². The van der Waals surface area contributed by atoms with E-state index in [1.165, 1.54) is 0 Å². The van der Waals surface area contributed by atoms with Crippen molar-refractivity contribution < 1.29 is 8.42 Å². The van der Waals surface area contributed by atoms with Gasteiger partial charge in [0.25, 0.3) is 5.43 Å². The number of anilines is 1. The molecule has 0 spiro atoms. The van der Waals surface area contributed by atoms with Gasteiger partial charge in [-0.25, -0.2) is 13.1 Å². The van der Waals surface area contributed by atoms with Crippen LogP contribution >= 0.6 is 0 Å². The number of sulfonamides is 1. The van der Waals surface area contributed by atoms with Crippen molar-refractivity contribution in [2.75, 3.05) is 11.9 Å². The lowest BCUT2D eigenvalue weighted by molar-refractivity contribution is 0.576. The van der Waals surface area contributed by atoms with Gasteiger partial charge in [-0.15, -0.1) is 0 Å². The Balaban J connectivity index is 2.15. The third-order valence-electron chi connectivity index (χ3n) is 3.27. The number of rotatable bonds is 8. The minimum atomic E-state index is -3.93. The lowest BCUT2D eigenvalue weighted by Crippen LogP contribution is -2.43. The van der Waals surface area contributed by atoms with E-state index in [2.05, 4.69) is 10.0 Å². The molecule has 0 unspecified atom stereocenters. The summed E-state index contributed by atoms with van der Waals surface area (Å²) in [5.41, 5.74) is -0.984. The van der Waals surface area contributed by atoms with Crippen LogP contribution < -0.4 is 20.9 Å². The van der Waals surface area contributed by atoms with Gasteiger partial charge in [-0.2, -0.15) is 0 Å². The zero-order valence-corrected chi connectivity index (χ0v) is 13.1. The van der Waals surface area contributed by atoms with Crippen LogP contribution in [-0.4, -0.2) is 15.0 Å². The molecule has 0 bridgehead atoms. The van der Waals surface area contributed by atoms with Gasteiger partial charge in [0.2, 0.25) is 15.5 Å². The largest absolute Gasteiger partial charge is 0.376 e. The zero-order chi connectivity index (χ0) is 16.2. The van der Waals surface area contributed by atoms with Crippen molar-refractivity contribution in [1.82, 2.24) is 4.72 Å². The summed E-state index contributed by atoms with van der Waals surface area (Å²) >= 11 is 0. The first kappa shape index (κ1) is 16.4. The summed E-state index contributed by atoms with van der Waals surface area (Å²) in [5.74, 6) is 0. The Labute approximate surface area is 128 Å². The van der Waals surface area contributed by atoms with E-state index >= 15 is 0 Å². The molecule has 0 aliphatic rings. The molecule has 0 saturated carbocycles. The fourth-order valence-electron chi connectivity index (χ4n) is 2.03. The van der Waals surface area contributed by atoms with Gasteiger partial charge >= 0.3 is 0 Å². The van der Waals surface area contributed by atoms with E-state index in [0.29, 0.717) is 6.42 Å². The molecular formula is C15H18N2O4S. The second-order valence-electron chi connectivity index (χ2n) is 4.95. The number of hydrogen-bond acceptors (Lipinski definition) is 5. The minimum absolute atomic E-state index is 0.127. The van der Waals surface area contributed by atoms with Gasteiger partial charge in [-0.05, 0) is 12.0 Å². The van der Waals surface area contributed by atoms with E-state index in [1.807, 2.05) is 37.3 Å². The van der Waals surface area contributed by atoms with Crippen LogP contribution in [0.5, 0.6) is 0 Å². The predicted octanol–water partition coefficient (Wildman–Crippen LogP) is 0.973. The molecule has 0 radical (unpaired) electrons. The first-order valence-electron chi connectivity index (χ1n) is 7.08. The van der Waals surface area contributed by atoms with E-state index in [-0.39, 0.29) is 18.8 Å². The predicted molar refractivity (Wildman–Crippen MR) is 85.2 cm³/mol. The summed E-state index contributed by atoms with van der Waals surface area (Å²) < 4.78 is 26.5. The fraction of sp³-hybridized carbons (Fsp3) is 0.333. The maximum Gasteiger partial charge on any atom is 0.251 e. The molecule has 0 heterocycles. The standard InChI is InChI=1S/C15H18N2O4S/c1-2-3-9-17-22(20,21)15-12(13(18)14(15)19)16-10-11-7-5-4-6-8-11/h4-8,16-17H,2-3,9-10H2,1H3. The summed E-state index contributed by atoms with van der Waals surface area (Å²) in [6.45, 7) is 2.46. The molecule has 0 aliphatic carbocycles. The average Bonchev–Trinajstić information content (AvgIpc) is 2.51. The SMILES string of the molecule is CCCCNS(=O)(=O)c1c(NCc2ccccc2)c(=O)c1=O. The molecule has 6 nitrogen and oxygen atoms in total. The average molecular weight is 322 g/mol. The number of unbranched alkanes of at least 4 members (excludes halogenated alkanes) is 1. The molecule has 0 aromatic heterocycles. The van der Waals surface area contributed by atoms with Gasteiger partial charge in [0.1, 0.15) is 5.69 Å². The number of nitrogens with one attached hydrogen (secondary N) is 2. The smallest absolute Gasteiger partial charge is 0.251 e. The second-order valence-corrected chi connectivity index (χ2v) is 6.66. The first-order chi connectivity index (χ1) is 10.5. The minimum Gasteiger partial charge on any atom is -0.376 e. The molecule has 2 aromatic carbocycles. The van der Waals surface area contributed by atoms with E-state index in [9.17, 15) is 18.0 Å². The van der Waals surface area contributed by atoms with Crippen LogP contribution in [0.4, 0.5) is 5.69 Å². The highest BCUT2D eigenvalue weighted by Gasteiger charge is 2.31. The summed E-state index contributed by atoms with van der Waals surface area (Å²) in [7, 11) is -3.93. The van der Waals surface area contributed by atoms with Crippen LogP contribution in [0.15, 0.2) is 44.8 Å². The summed E-state index contributed by atoms with van der Waals surface area (Å²) in [6, 6.07) is 9.21. The monoisotopic (exact) mass is 322 g/mol. The van der Waals surface area contributed by atoms with Crippen LogP contribution in [0.1, 0.15) is 25.3 Å². The van der Waals surface area contributed by atoms with Crippen molar-refractivity contribution in [2.45, 2.75) is 31.2 Å². The Bertz CT molecular complexity index is 806. The highest BCUT2D eigenvalue weighted by molar-refractivity contribution is 7.89. The topological polar surface area (TPSA) is 92.3 Å². The van der Waals surface area contributed by atoms with Crippen LogP contribution in [0, 0.1) is 0 Å². The third kappa shape index (κ3) is 3.42.